The van der Waals surface area contributed by atoms with Crippen LogP contribution in [0.5, 0.6) is 0 Å². The Balaban J connectivity index is 1.91. The number of carbonyl (C=O) groups is 1. The Labute approximate surface area is 95.3 Å². The van der Waals surface area contributed by atoms with Crippen LogP contribution in [0.25, 0.3) is 0 Å². The van der Waals surface area contributed by atoms with Gasteiger partial charge >= 0.3 is 0 Å². The minimum atomic E-state index is 0.313. The molecule has 0 spiro atoms. The Hall–Kier alpha value is -0.760. The van der Waals surface area contributed by atoms with E-state index in [1.54, 1.807) is 0 Å². The van der Waals surface area contributed by atoms with E-state index < -0.39 is 0 Å². The molecule has 0 aliphatic carbocycles. The molecule has 0 unspecified atom stereocenters. The molecule has 0 bridgehead atoms. The SMILES string of the molecule is O=C(CC1CCSCC1)c1ccccc1. The number of benzene rings is 1. The van der Waals surface area contributed by atoms with E-state index in [0.717, 1.165) is 12.0 Å². The molecule has 1 aliphatic heterocycles. The summed E-state index contributed by atoms with van der Waals surface area (Å²) in [4.78, 5) is 11.9. The number of rotatable bonds is 3. The lowest BCUT2D eigenvalue weighted by Gasteiger charge is -2.20. The first-order chi connectivity index (χ1) is 7.36. The average Bonchev–Trinajstić information content (AvgIpc) is 2.31. The molecule has 0 radical (unpaired) electrons. The Morgan fingerprint density at radius 3 is 2.53 bits per heavy atom. The third-order valence-corrected chi connectivity index (χ3v) is 3.96. The summed E-state index contributed by atoms with van der Waals surface area (Å²) in [7, 11) is 0. The topological polar surface area (TPSA) is 17.1 Å². The molecule has 80 valence electrons. The van der Waals surface area contributed by atoms with Crippen molar-refractivity contribution in [3.63, 3.8) is 0 Å². The molecule has 1 aliphatic rings. The Kier molecular flexibility index (Phi) is 3.84. The van der Waals surface area contributed by atoms with Crippen molar-refractivity contribution >= 4 is 17.5 Å². The number of carbonyl (C=O) groups excluding carboxylic acids is 1. The van der Waals surface area contributed by atoms with Crippen LogP contribution in [0.4, 0.5) is 0 Å². The second-order valence-electron chi connectivity index (χ2n) is 4.05. The molecular weight excluding hydrogens is 204 g/mol. The smallest absolute Gasteiger partial charge is 0.163 e. The minimum Gasteiger partial charge on any atom is -0.294 e. The van der Waals surface area contributed by atoms with Crippen LogP contribution >= 0.6 is 11.8 Å². The molecule has 2 rings (SSSR count). The first kappa shape index (κ1) is 10.7. The van der Waals surface area contributed by atoms with E-state index in [-0.39, 0.29) is 0 Å². The highest BCUT2D eigenvalue weighted by Crippen LogP contribution is 2.26. The summed E-state index contributed by atoms with van der Waals surface area (Å²) in [5.41, 5.74) is 0.871. The highest BCUT2D eigenvalue weighted by Gasteiger charge is 2.17. The summed E-state index contributed by atoms with van der Waals surface area (Å²) in [5, 5.41) is 0. The zero-order valence-electron chi connectivity index (χ0n) is 8.82. The van der Waals surface area contributed by atoms with E-state index in [2.05, 4.69) is 0 Å². The normalized spacial score (nSPS) is 17.6. The molecule has 1 fully saturated rings. The van der Waals surface area contributed by atoms with Gasteiger partial charge in [-0.05, 0) is 30.3 Å². The van der Waals surface area contributed by atoms with Crippen molar-refractivity contribution in [3.05, 3.63) is 35.9 Å². The molecule has 0 saturated carbocycles. The van der Waals surface area contributed by atoms with Gasteiger partial charge in [0.05, 0.1) is 0 Å². The van der Waals surface area contributed by atoms with Crippen LogP contribution in [0.1, 0.15) is 29.6 Å². The number of thioether (sulfide) groups is 1. The molecule has 0 aromatic heterocycles. The first-order valence-corrected chi connectivity index (χ1v) is 6.68. The van der Waals surface area contributed by atoms with Gasteiger partial charge in [0, 0.05) is 12.0 Å². The third-order valence-electron chi connectivity index (χ3n) is 2.91. The van der Waals surface area contributed by atoms with E-state index in [9.17, 15) is 4.79 Å². The molecule has 1 nitrogen and oxygen atoms in total. The number of hydrogen-bond donors (Lipinski definition) is 0. The lowest BCUT2D eigenvalue weighted by molar-refractivity contribution is 0.0958. The van der Waals surface area contributed by atoms with Crippen LogP contribution < -0.4 is 0 Å². The van der Waals surface area contributed by atoms with Crippen LogP contribution in [0.3, 0.4) is 0 Å². The van der Waals surface area contributed by atoms with E-state index in [1.165, 1.54) is 24.3 Å². The molecule has 1 aromatic carbocycles. The van der Waals surface area contributed by atoms with Gasteiger partial charge in [-0.2, -0.15) is 11.8 Å². The maximum Gasteiger partial charge on any atom is 0.163 e. The second kappa shape index (κ2) is 5.36. The number of Topliss-reactive ketones (excluding diaryl/α,β-unsaturated/α-hetero) is 1. The molecule has 1 heterocycles. The van der Waals surface area contributed by atoms with E-state index in [1.807, 2.05) is 42.1 Å². The molecule has 1 saturated heterocycles. The van der Waals surface area contributed by atoms with Gasteiger partial charge in [-0.15, -0.1) is 0 Å². The minimum absolute atomic E-state index is 0.313. The standard InChI is InChI=1S/C13H16OS/c14-13(12-4-2-1-3-5-12)10-11-6-8-15-9-7-11/h1-5,11H,6-10H2. The fourth-order valence-electron chi connectivity index (χ4n) is 1.95. The quantitative estimate of drug-likeness (QED) is 0.726. The molecule has 0 amide bonds. The third kappa shape index (κ3) is 3.10. The van der Waals surface area contributed by atoms with Crippen molar-refractivity contribution in [2.45, 2.75) is 19.3 Å². The van der Waals surface area contributed by atoms with Crippen LogP contribution in [0.2, 0.25) is 0 Å². The zero-order valence-corrected chi connectivity index (χ0v) is 9.63. The van der Waals surface area contributed by atoms with Gasteiger partial charge in [-0.1, -0.05) is 30.3 Å². The van der Waals surface area contributed by atoms with E-state index >= 15 is 0 Å². The lowest BCUT2D eigenvalue weighted by atomic mass is 9.94. The summed E-state index contributed by atoms with van der Waals surface area (Å²) in [6, 6.07) is 9.65. The van der Waals surface area contributed by atoms with Gasteiger partial charge in [-0.25, -0.2) is 0 Å². The monoisotopic (exact) mass is 220 g/mol. The first-order valence-electron chi connectivity index (χ1n) is 5.52. The molecule has 0 N–H and O–H groups in total. The maximum atomic E-state index is 11.9. The average molecular weight is 220 g/mol. The maximum absolute atomic E-state index is 11.9. The molecule has 15 heavy (non-hydrogen) atoms. The van der Waals surface area contributed by atoms with Crippen LogP contribution in [-0.4, -0.2) is 17.3 Å². The Morgan fingerprint density at radius 2 is 1.87 bits per heavy atom. The van der Waals surface area contributed by atoms with Crippen LogP contribution in [0.15, 0.2) is 30.3 Å². The van der Waals surface area contributed by atoms with Crippen molar-refractivity contribution < 1.29 is 4.79 Å². The number of ketones is 1. The summed E-state index contributed by atoms with van der Waals surface area (Å²) < 4.78 is 0. The summed E-state index contributed by atoms with van der Waals surface area (Å²) in [5.74, 6) is 3.39. The van der Waals surface area contributed by atoms with Gasteiger partial charge in [0.25, 0.3) is 0 Å². The van der Waals surface area contributed by atoms with Crippen molar-refractivity contribution in [2.24, 2.45) is 5.92 Å². The lowest BCUT2D eigenvalue weighted by Crippen LogP contribution is -2.14. The van der Waals surface area contributed by atoms with Crippen molar-refractivity contribution in [1.29, 1.82) is 0 Å². The Bertz CT molecular complexity index is 315. The predicted octanol–water partition coefficient (Wildman–Crippen LogP) is 3.40. The molecule has 0 atom stereocenters. The number of hydrogen-bond acceptors (Lipinski definition) is 2. The van der Waals surface area contributed by atoms with Gasteiger partial charge in [0.1, 0.15) is 0 Å². The van der Waals surface area contributed by atoms with Crippen molar-refractivity contribution in [2.75, 3.05) is 11.5 Å². The fourth-order valence-corrected chi connectivity index (χ4v) is 3.16. The zero-order chi connectivity index (χ0) is 10.5. The van der Waals surface area contributed by atoms with Gasteiger partial charge in [-0.3, -0.25) is 4.79 Å². The highest BCUT2D eigenvalue weighted by molar-refractivity contribution is 7.99. The van der Waals surface area contributed by atoms with Gasteiger partial charge < -0.3 is 0 Å². The molecule has 1 aromatic rings. The van der Waals surface area contributed by atoms with E-state index in [0.29, 0.717) is 11.7 Å². The van der Waals surface area contributed by atoms with Crippen molar-refractivity contribution in [3.8, 4) is 0 Å². The molecule has 2 heteroatoms. The van der Waals surface area contributed by atoms with Crippen molar-refractivity contribution in [1.82, 2.24) is 0 Å². The summed E-state index contributed by atoms with van der Waals surface area (Å²) in [6.07, 6.45) is 3.16. The fraction of sp³-hybridized carbons (Fsp3) is 0.462. The van der Waals surface area contributed by atoms with E-state index in [4.69, 9.17) is 0 Å². The summed E-state index contributed by atoms with van der Waals surface area (Å²) in [6.45, 7) is 0. The van der Waals surface area contributed by atoms with Gasteiger partial charge in [0.15, 0.2) is 5.78 Å². The Morgan fingerprint density at radius 1 is 1.20 bits per heavy atom. The highest BCUT2D eigenvalue weighted by atomic mass is 32.2. The molecular formula is C13H16OS. The second-order valence-corrected chi connectivity index (χ2v) is 5.27. The predicted molar refractivity (Wildman–Crippen MR) is 65.4 cm³/mol. The summed E-state index contributed by atoms with van der Waals surface area (Å²) >= 11 is 2.01. The van der Waals surface area contributed by atoms with Gasteiger partial charge in [0.2, 0.25) is 0 Å². The van der Waals surface area contributed by atoms with Crippen LogP contribution in [0, 0.1) is 5.92 Å². The van der Waals surface area contributed by atoms with Crippen LogP contribution in [-0.2, 0) is 0 Å². The largest absolute Gasteiger partial charge is 0.294 e.